The quantitative estimate of drug-likeness (QED) is 0.781. The molecular weight excluding hydrogens is 239 g/mol. The van der Waals surface area contributed by atoms with Crippen molar-refractivity contribution < 1.29 is 4.39 Å². The van der Waals surface area contributed by atoms with Gasteiger partial charge in [0.15, 0.2) is 11.0 Å². The van der Waals surface area contributed by atoms with Crippen molar-refractivity contribution in [1.82, 2.24) is 9.97 Å². The normalized spacial score (nSPS) is 10.5. The van der Waals surface area contributed by atoms with Crippen LogP contribution in [0.4, 0.5) is 4.39 Å². The molecule has 0 fully saturated rings. The molecular formula is C13H12ClFN2. The molecule has 0 unspecified atom stereocenters. The molecule has 0 amide bonds. The number of nitrogens with zero attached hydrogens (tertiary/aromatic N) is 2. The van der Waals surface area contributed by atoms with Gasteiger partial charge in [0.05, 0.1) is 5.69 Å². The van der Waals surface area contributed by atoms with Crippen LogP contribution in [0.5, 0.6) is 0 Å². The van der Waals surface area contributed by atoms with E-state index in [1.807, 2.05) is 30.3 Å². The summed E-state index contributed by atoms with van der Waals surface area (Å²) in [6.07, 6.45) is 1.48. The topological polar surface area (TPSA) is 25.8 Å². The number of hydrogen-bond donors (Lipinski definition) is 0. The molecule has 0 saturated heterocycles. The summed E-state index contributed by atoms with van der Waals surface area (Å²) < 4.78 is 13.2. The smallest absolute Gasteiger partial charge is 0.181 e. The summed E-state index contributed by atoms with van der Waals surface area (Å²) in [6, 6.07) is 10.0. The Morgan fingerprint density at radius 2 is 1.82 bits per heavy atom. The summed E-state index contributed by atoms with van der Waals surface area (Å²) in [5.74, 6) is 0.0490. The summed E-state index contributed by atoms with van der Waals surface area (Å²) in [5, 5.41) is -0.0967. The van der Waals surface area contributed by atoms with E-state index < -0.39 is 5.82 Å². The van der Waals surface area contributed by atoms with Crippen molar-refractivity contribution in [3.8, 4) is 0 Å². The van der Waals surface area contributed by atoms with E-state index in [2.05, 4.69) is 9.97 Å². The van der Waals surface area contributed by atoms with Crippen molar-refractivity contribution in [3.63, 3.8) is 0 Å². The van der Waals surface area contributed by atoms with Crippen LogP contribution in [0.15, 0.2) is 30.3 Å². The Labute approximate surface area is 104 Å². The molecule has 1 aromatic carbocycles. The highest BCUT2D eigenvalue weighted by molar-refractivity contribution is 6.29. The zero-order valence-electron chi connectivity index (χ0n) is 9.45. The molecule has 0 aliphatic carbocycles. The van der Waals surface area contributed by atoms with Gasteiger partial charge in [-0.25, -0.2) is 14.4 Å². The first-order chi connectivity index (χ1) is 8.16. The molecule has 0 saturated carbocycles. The van der Waals surface area contributed by atoms with Crippen molar-refractivity contribution in [2.24, 2.45) is 0 Å². The highest BCUT2D eigenvalue weighted by Crippen LogP contribution is 2.14. The van der Waals surface area contributed by atoms with E-state index >= 15 is 0 Å². The second kappa shape index (κ2) is 5.23. The summed E-state index contributed by atoms with van der Waals surface area (Å²) in [5.41, 5.74) is 1.50. The third-order valence-electron chi connectivity index (χ3n) is 2.50. The highest BCUT2D eigenvalue weighted by atomic mass is 35.5. The Balaban J connectivity index is 2.10. The van der Waals surface area contributed by atoms with Gasteiger partial charge in [-0.3, -0.25) is 0 Å². The molecule has 88 valence electrons. The Morgan fingerprint density at radius 3 is 2.47 bits per heavy atom. The molecule has 1 heterocycles. The van der Waals surface area contributed by atoms with Crippen LogP contribution in [-0.4, -0.2) is 9.97 Å². The number of aryl methyl sites for hydroxylation is 3. The van der Waals surface area contributed by atoms with Gasteiger partial charge in [0.1, 0.15) is 5.82 Å². The molecule has 0 aliphatic rings. The molecule has 0 N–H and O–H groups in total. The van der Waals surface area contributed by atoms with Gasteiger partial charge in [-0.2, -0.15) is 0 Å². The number of rotatable bonds is 3. The maximum atomic E-state index is 13.2. The van der Waals surface area contributed by atoms with Crippen LogP contribution < -0.4 is 0 Å². The van der Waals surface area contributed by atoms with Crippen LogP contribution in [0.3, 0.4) is 0 Å². The summed E-state index contributed by atoms with van der Waals surface area (Å²) >= 11 is 5.67. The summed E-state index contributed by atoms with van der Waals surface area (Å²) in [6.45, 7) is 1.59. The van der Waals surface area contributed by atoms with Crippen molar-refractivity contribution in [3.05, 3.63) is 58.4 Å². The number of hydrogen-bond acceptors (Lipinski definition) is 2. The maximum Gasteiger partial charge on any atom is 0.181 e. The highest BCUT2D eigenvalue weighted by Gasteiger charge is 2.09. The maximum absolute atomic E-state index is 13.2. The molecule has 17 heavy (non-hydrogen) atoms. The molecule has 0 bridgehead atoms. The van der Waals surface area contributed by atoms with Crippen molar-refractivity contribution >= 4 is 11.6 Å². The SMILES string of the molecule is Cc1nc(CCc2ccccc2)nc(Cl)c1F. The van der Waals surface area contributed by atoms with E-state index in [4.69, 9.17) is 11.6 Å². The van der Waals surface area contributed by atoms with Gasteiger partial charge in [0, 0.05) is 6.42 Å². The molecule has 2 nitrogen and oxygen atoms in total. The van der Waals surface area contributed by atoms with Gasteiger partial charge < -0.3 is 0 Å². The van der Waals surface area contributed by atoms with Gasteiger partial charge in [0.25, 0.3) is 0 Å². The minimum absolute atomic E-state index is 0.0967. The zero-order valence-corrected chi connectivity index (χ0v) is 10.2. The molecule has 0 spiro atoms. The van der Waals surface area contributed by atoms with E-state index in [1.165, 1.54) is 5.56 Å². The minimum Gasteiger partial charge on any atom is -0.235 e. The van der Waals surface area contributed by atoms with E-state index in [1.54, 1.807) is 6.92 Å². The standard InChI is InChI=1S/C13H12ClFN2/c1-9-12(15)13(14)17-11(16-9)8-7-10-5-3-2-4-6-10/h2-6H,7-8H2,1H3. The predicted octanol–water partition coefficient (Wildman–Crippen LogP) is 3.36. The van der Waals surface area contributed by atoms with Crippen molar-refractivity contribution in [2.45, 2.75) is 19.8 Å². The fourth-order valence-corrected chi connectivity index (χ4v) is 1.83. The fourth-order valence-electron chi connectivity index (χ4n) is 1.59. The van der Waals surface area contributed by atoms with Crippen LogP contribution in [0.1, 0.15) is 17.1 Å². The van der Waals surface area contributed by atoms with Crippen LogP contribution in [-0.2, 0) is 12.8 Å². The van der Waals surface area contributed by atoms with Crippen LogP contribution in [0.25, 0.3) is 0 Å². The first kappa shape index (κ1) is 12.0. The Hall–Kier alpha value is -1.48. The lowest BCUT2D eigenvalue weighted by atomic mass is 10.1. The van der Waals surface area contributed by atoms with E-state index in [0.717, 1.165) is 6.42 Å². The third-order valence-corrected chi connectivity index (χ3v) is 2.75. The largest absolute Gasteiger partial charge is 0.235 e. The zero-order chi connectivity index (χ0) is 12.3. The van der Waals surface area contributed by atoms with E-state index in [0.29, 0.717) is 17.9 Å². The number of aromatic nitrogens is 2. The molecule has 4 heteroatoms. The molecule has 2 rings (SSSR count). The first-order valence-corrected chi connectivity index (χ1v) is 5.77. The second-order valence-electron chi connectivity index (χ2n) is 3.82. The van der Waals surface area contributed by atoms with Crippen LogP contribution in [0, 0.1) is 12.7 Å². The van der Waals surface area contributed by atoms with Gasteiger partial charge in [-0.1, -0.05) is 41.9 Å². The molecule has 2 aromatic rings. The average molecular weight is 251 g/mol. The van der Waals surface area contributed by atoms with E-state index in [-0.39, 0.29) is 5.15 Å². The molecule has 1 aromatic heterocycles. The Bertz CT molecular complexity index is 491. The lowest BCUT2D eigenvalue weighted by molar-refractivity contribution is 0.596. The van der Waals surface area contributed by atoms with Gasteiger partial charge in [0.2, 0.25) is 0 Å². The fraction of sp³-hybridized carbons (Fsp3) is 0.231. The lowest BCUT2D eigenvalue weighted by Crippen LogP contribution is -2.03. The Kier molecular flexibility index (Phi) is 3.69. The number of halogens is 2. The Morgan fingerprint density at radius 1 is 1.12 bits per heavy atom. The second-order valence-corrected chi connectivity index (χ2v) is 4.17. The van der Waals surface area contributed by atoms with Gasteiger partial charge in [-0.15, -0.1) is 0 Å². The van der Waals surface area contributed by atoms with Crippen molar-refractivity contribution in [2.75, 3.05) is 0 Å². The third kappa shape index (κ3) is 3.01. The molecule has 0 atom stereocenters. The summed E-state index contributed by atoms with van der Waals surface area (Å²) in [7, 11) is 0. The summed E-state index contributed by atoms with van der Waals surface area (Å²) in [4.78, 5) is 8.01. The first-order valence-electron chi connectivity index (χ1n) is 5.39. The van der Waals surface area contributed by atoms with Crippen LogP contribution in [0.2, 0.25) is 5.15 Å². The monoisotopic (exact) mass is 250 g/mol. The molecule has 0 radical (unpaired) electrons. The van der Waals surface area contributed by atoms with Gasteiger partial charge >= 0.3 is 0 Å². The van der Waals surface area contributed by atoms with Crippen molar-refractivity contribution in [1.29, 1.82) is 0 Å². The number of benzene rings is 1. The van der Waals surface area contributed by atoms with Crippen LogP contribution >= 0.6 is 11.6 Å². The molecule has 0 aliphatic heterocycles. The van der Waals surface area contributed by atoms with E-state index in [9.17, 15) is 4.39 Å². The predicted molar refractivity (Wildman–Crippen MR) is 65.6 cm³/mol. The average Bonchev–Trinajstić information content (AvgIpc) is 2.34. The van der Waals surface area contributed by atoms with Gasteiger partial charge in [-0.05, 0) is 18.9 Å². The minimum atomic E-state index is -0.532. The lowest BCUT2D eigenvalue weighted by Gasteiger charge is -2.04.